The van der Waals surface area contributed by atoms with Crippen LogP contribution >= 0.6 is 0 Å². The number of nitrogens with zero attached hydrogens (tertiary/aromatic N) is 1. The van der Waals surface area contributed by atoms with Gasteiger partial charge in [-0.3, -0.25) is 9.69 Å². The van der Waals surface area contributed by atoms with Gasteiger partial charge in [-0.2, -0.15) is 0 Å². The first-order chi connectivity index (χ1) is 17.1. The second-order valence-electron chi connectivity index (χ2n) is 10.0. The van der Waals surface area contributed by atoms with Crippen molar-refractivity contribution in [2.24, 2.45) is 5.41 Å². The summed E-state index contributed by atoms with van der Waals surface area (Å²) in [5.41, 5.74) is 5.16. The molecule has 1 aromatic heterocycles. The topological polar surface area (TPSA) is 66.6 Å². The summed E-state index contributed by atoms with van der Waals surface area (Å²) in [6, 6.07) is 14.7. The lowest BCUT2D eigenvalue weighted by Crippen LogP contribution is -2.49. The van der Waals surface area contributed by atoms with Gasteiger partial charge in [0.2, 0.25) is 5.91 Å². The molecule has 186 valence electrons. The normalized spacial score (nSPS) is 21.9. The molecule has 0 saturated carbocycles. The second kappa shape index (κ2) is 9.94. The lowest BCUT2D eigenvalue weighted by molar-refractivity contribution is -0.122. The maximum atomic E-state index is 13.0. The number of carbonyl (C=O) groups is 1. The Balaban J connectivity index is 1.32. The van der Waals surface area contributed by atoms with Crippen molar-refractivity contribution in [1.82, 2.24) is 15.2 Å². The number of piperidine rings is 1. The van der Waals surface area contributed by atoms with Gasteiger partial charge >= 0.3 is 0 Å². The van der Waals surface area contributed by atoms with Gasteiger partial charge in [-0.1, -0.05) is 25.1 Å². The van der Waals surface area contributed by atoms with Crippen LogP contribution in [-0.2, 0) is 17.8 Å². The number of para-hydroxylation sites is 1. The number of aromatic amines is 1. The lowest BCUT2D eigenvalue weighted by atomic mass is 9.65. The Morgan fingerprint density at radius 1 is 1.17 bits per heavy atom. The van der Waals surface area contributed by atoms with E-state index in [0.29, 0.717) is 19.0 Å². The van der Waals surface area contributed by atoms with E-state index in [2.05, 4.69) is 46.4 Å². The summed E-state index contributed by atoms with van der Waals surface area (Å²) in [4.78, 5) is 19.5. The number of nitrogens with one attached hydrogen (secondary N) is 2. The maximum absolute atomic E-state index is 13.0. The van der Waals surface area contributed by atoms with E-state index in [1.807, 2.05) is 18.2 Å². The lowest BCUT2D eigenvalue weighted by Gasteiger charge is -2.52. The Morgan fingerprint density at radius 3 is 2.83 bits per heavy atom. The largest absolute Gasteiger partial charge is 0.497 e. The smallest absolute Gasteiger partial charge is 0.220 e. The highest BCUT2D eigenvalue weighted by Crippen LogP contribution is 2.53. The molecule has 2 atom stereocenters. The minimum absolute atomic E-state index is 0.0977. The molecule has 1 fully saturated rings. The average Bonchev–Trinajstić information content (AvgIpc) is 3.29. The molecule has 2 aliphatic heterocycles. The van der Waals surface area contributed by atoms with E-state index in [1.54, 1.807) is 14.2 Å². The van der Waals surface area contributed by atoms with Gasteiger partial charge in [-0.15, -0.1) is 0 Å². The summed E-state index contributed by atoms with van der Waals surface area (Å²) in [6.45, 7) is 5.00. The molecule has 0 aliphatic carbocycles. The number of hydrogen-bond acceptors (Lipinski definition) is 4. The van der Waals surface area contributed by atoms with Crippen LogP contribution in [0.15, 0.2) is 42.5 Å². The quantitative estimate of drug-likeness (QED) is 0.460. The number of benzene rings is 2. The molecule has 2 aliphatic rings. The van der Waals surface area contributed by atoms with Gasteiger partial charge in [0.15, 0.2) is 0 Å². The van der Waals surface area contributed by atoms with Gasteiger partial charge in [0, 0.05) is 47.7 Å². The van der Waals surface area contributed by atoms with Crippen molar-refractivity contribution >= 4 is 16.8 Å². The predicted molar refractivity (Wildman–Crippen MR) is 139 cm³/mol. The number of fused-ring (bicyclic) bond motifs is 5. The summed E-state index contributed by atoms with van der Waals surface area (Å²) in [6.07, 6.45) is 5.96. The zero-order valence-electron chi connectivity index (χ0n) is 21.2. The Hall–Kier alpha value is -2.99. The van der Waals surface area contributed by atoms with Crippen molar-refractivity contribution in [3.05, 3.63) is 59.3 Å². The van der Waals surface area contributed by atoms with Crippen LogP contribution < -0.4 is 14.8 Å². The van der Waals surface area contributed by atoms with E-state index in [0.717, 1.165) is 49.4 Å². The van der Waals surface area contributed by atoms with Crippen LogP contribution in [0.4, 0.5) is 0 Å². The van der Waals surface area contributed by atoms with Crippen LogP contribution in [0.2, 0.25) is 0 Å². The monoisotopic (exact) mass is 475 g/mol. The molecule has 0 radical (unpaired) electrons. The molecular formula is C29H37N3O3. The Morgan fingerprint density at radius 2 is 2.03 bits per heavy atom. The third-order valence-electron chi connectivity index (χ3n) is 8.36. The fourth-order valence-electron chi connectivity index (χ4n) is 6.45. The first-order valence-electron chi connectivity index (χ1n) is 12.9. The fraction of sp³-hybridized carbons (Fsp3) is 0.483. The van der Waals surface area contributed by atoms with Crippen molar-refractivity contribution in [2.45, 2.75) is 58.0 Å². The molecule has 0 bridgehead atoms. The van der Waals surface area contributed by atoms with Crippen LogP contribution in [0.25, 0.3) is 10.9 Å². The third kappa shape index (κ3) is 4.40. The zero-order chi connectivity index (χ0) is 24.4. The Bertz CT molecular complexity index is 1200. The van der Waals surface area contributed by atoms with Crippen LogP contribution in [0.1, 0.15) is 61.9 Å². The second-order valence-corrected chi connectivity index (χ2v) is 10.0. The van der Waals surface area contributed by atoms with E-state index >= 15 is 0 Å². The fourth-order valence-corrected chi connectivity index (χ4v) is 6.45. The van der Waals surface area contributed by atoms with Crippen LogP contribution in [0, 0.1) is 5.41 Å². The molecule has 35 heavy (non-hydrogen) atoms. The van der Waals surface area contributed by atoms with Gasteiger partial charge in [0.1, 0.15) is 11.5 Å². The van der Waals surface area contributed by atoms with Gasteiger partial charge in [-0.25, -0.2) is 0 Å². The summed E-state index contributed by atoms with van der Waals surface area (Å²) in [5.74, 6) is 1.57. The molecule has 5 rings (SSSR count). The predicted octanol–water partition coefficient (Wildman–Crippen LogP) is 5.37. The molecule has 0 spiro atoms. The molecular weight excluding hydrogens is 438 g/mol. The zero-order valence-corrected chi connectivity index (χ0v) is 21.2. The third-order valence-corrected chi connectivity index (χ3v) is 8.36. The number of ether oxygens (including phenoxy) is 2. The SMILES string of the molecule is CC[C@]1(CCC(=O)NCc2ccc(OC)cc2OC)CCCN2CCc3c([nH]c4ccccc34)[C@@H]21. The van der Waals surface area contributed by atoms with Crippen LogP contribution in [0.3, 0.4) is 0 Å². The minimum Gasteiger partial charge on any atom is -0.497 e. The van der Waals surface area contributed by atoms with Crippen molar-refractivity contribution < 1.29 is 14.3 Å². The number of carbonyl (C=O) groups excluding carboxylic acids is 1. The molecule has 6 nitrogen and oxygen atoms in total. The number of rotatable bonds is 8. The van der Waals surface area contributed by atoms with Crippen molar-refractivity contribution in [3.63, 3.8) is 0 Å². The van der Waals surface area contributed by atoms with Crippen LogP contribution in [0.5, 0.6) is 11.5 Å². The van der Waals surface area contributed by atoms with Crippen LogP contribution in [-0.4, -0.2) is 43.1 Å². The number of aromatic nitrogens is 1. The molecule has 1 saturated heterocycles. The molecule has 3 aromatic rings. The van der Waals surface area contributed by atoms with Gasteiger partial charge < -0.3 is 19.8 Å². The highest BCUT2D eigenvalue weighted by Gasteiger charge is 2.47. The number of amides is 1. The number of H-pyrrole nitrogens is 1. The molecule has 0 unspecified atom stereocenters. The van der Waals surface area contributed by atoms with Crippen molar-refractivity contribution in [3.8, 4) is 11.5 Å². The van der Waals surface area contributed by atoms with E-state index in [-0.39, 0.29) is 11.3 Å². The first kappa shape index (κ1) is 23.7. The van der Waals surface area contributed by atoms with E-state index in [4.69, 9.17) is 9.47 Å². The summed E-state index contributed by atoms with van der Waals surface area (Å²) in [5, 5.41) is 4.49. The average molecular weight is 476 g/mol. The minimum atomic E-state index is 0.0977. The highest BCUT2D eigenvalue weighted by molar-refractivity contribution is 5.85. The summed E-state index contributed by atoms with van der Waals surface area (Å²) >= 11 is 0. The molecule has 2 N–H and O–H groups in total. The standard InChI is InChI=1S/C29H37N3O3/c1-4-29(15-12-26(33)30-19-20-10-11-21(34-2)18-25(20)35-3)14-7-16-32-17-13-23-22-8-5-6-9-24(22)31-27(23)28(29)32/h5-6,8-11,18,28,31H,4,7,12-17,19H2,1-3H3,(H,30,33)/t28-,29-/m1/s1. The summed E-state index contributed by atoms with van der Waals surface area (Å²) < 4.78 is 10.8. The Kier molecular flexibility index (Phi) is 6.74. The Labute approximate surface area is 208 Å². The maximum Gasteiger partial charge on any atom is 0.220 e. The first-order valence-corrected chi connectivity index (χ1v) is 12.9. The number of hydrogen-bond donors (Lipinski definition) is 2. The van der Waals surface area contributed by atoms with Gasteiger partial charge in [0.05, 0.1) is 20.3 Å². The van der Waals surface area contributed by atoms with E-state index < -0.39 is 0 Å². The number of methoxy groups -OCH3 is 2. The molecule has 6 heteroatoms. The van der Waals surface area contributed by atoms with E-state index in [1.165, 1.54) is 35.0 Å². The molecule has 3 heterocycles. The highest BCUT2D eigenvalue weighted by atomic mass is 16.5. The summed E-state index contributed by atoms with van der Waals surface area (Å²) in [7, 11) is 3.28. The van der Waals surface area contributed by atoms with Crippen molar-refractivity contribution in [2.75, 3.05) is 27.3 Å². The van der Waals surface area contributed by atoms with E-state index in [9.17, 15) is 4.79 Å². The molecule has 2 aromatic carbocycles. The molecule has 1 amide bonds. The van der Waals surface area contributed by atoms with Gasteiger partial charge in [-0.05, 0) is 67.8 Å². The van der Waals surface area contributed by atoms with Crippen molar-refractivity contribution in [1.29, 1.82) is 0 Å². The van der Waals surface area contributed by atoms with Gasteiger partial charge in [0.25, 0.3) is 0 Å².